The molecule has 2 rings (SSSR count). The van der Waals surface area contributed by atoms with Crippen LogP contribution in [-0.4, -0.2) is 44.9 Å². The molecule has 2 unspecified atom stereocenters. The minimum atomic E-state index is -0.408. The summed E-state index contributed by atoms with van der Waals surface area (Å²) in [6.07, 6.45) is 2.22. The number of hydrogen-bond acceptors (Lipinski definition) is 4. The molecule has 0 radical (unpaired) electrons. The molecule has 1 N–H and O–H groups in total. The number of hydrogen-bond donors (Lipinski definition) is 1. The molecule has 0 aromatic carbocycles. The predicted molar refractivity (Wildman–Crippen MR) is 79.1 cm³/mol. The van der Waals surface area contributed by atoms with Crippen LogP contribution in [0.2, 0.25) is 0 Å². The van der Waals surface area contributed by atoms with Gasteiger partial charge in [-0.15, -0.1) is 0 Å². The number of aliphatic hydroxyl groups is 1. The van der Waals surface area contributed by atoms with Crippen LogP contribution < -0.4 is 5.56 Å². The number of nitrogens with zero attached hydrogens (tertiary/aromatic N) is 3. The molecular weight excluding hydrogens is 270 g/mol. The first-order valence-corrected chi connectivity index (χ1v) is 7.58. The maximum atomic E-state index is 12.4. The first-order chi connectivity index (χ1) is 10.0. The van der Waals surface area contributed by atoms with Crippen molar-refractivity contribution in [1.82, 2.24) is 14.7 Å². The zero-order chi connectivity index (χ0) is 15.4. The van der Waals surface area contributed by atoms with E-state index in [4.69, 9.17) is 0 Å². The van der Waals surface area contributed by atoms with Crippen molar-refractivity contribution in [3.8, 4) is 0 Å². The summed E-state index contributed by atoms with van der Waals surface area (Å²) in [6, 6.07) is 2.89. The van der Waals surface area contributed by atoms with E-state index in [1.54, 1.807) is 11.8 Å². The molecule has 0 aliphatic carbocycles. The Labute approximate surface area is 124 Å². The Hall–Kier alpha value is -1.69. The van der Waals surface area contributed by atoms with Gasteiger partial charge in [0.15, 0.2) is 0 Å². The number of aromatic nitrogens is 2. The second-order valence-electron chi connectivity index (χ2n) is 5.67. The van der Waals surface area contributed by atoms with Crippen LogP contribution in [0.3, 0.4) is 0 Å². The van der Waals surface area contributed by atoms with Gasteiger partial charge in [0.05, 0.1) is 6.10 Å². The zero-order valence-corrected chi connectivity index (χ0v) is 12.7. The Bertz CT molecular complexity index is 553. The van der Waals surface area contributed by atoms with Crippen molar-refractivity contribution in [2.45, 2.75) is 45.8 Å². The van der Waals surface area contributed by atoms with Crippen LogP contribution in [-0.2, 0) is 6.54 Å². The molecule has 2 atom stereocenters. The van der Waals surface area contributed by atoms with Crippen LogP contribution in [0.4, 0.5) is 0 Å². The van der Waals surface area contributed by atoms with Crippen LogP contribution >= 0.6 is 0 Å². The Balaban J connectivity index is 2.11. The molecule has 1 aromatic rings. The highest BCUT2D eigenvalue weighted by Gasteiger charge is 2.30. The summed E-state index contributed by atoms with van der Waals surface area (Å²) in [5.74, 6) is -0.0386. The van der Waals surface area contributed by atoms with Gasteiger partial charge in [-0.05, 0) is 25.8 Å². The van der Waals surface area contributed by atoms with Gasteiger partial charge in [0.1, 0.15) is 5.69 Å². The smallest absolute Gasteiger partial charge is 0.274 e. The van der Waals surface area contributed by atoms with Crippen molar-refractivity contribution in [3.05, 3.63) is 28.2 Å². The van der Waals surface area contributed by atoms with E-state index in [9.17, 15) is 14.7 Å². The summed E-state index contributed by atoms with van der Waals surface area (Å²) in [5, 5.41) is 13.8. The lowest BCUT2D eigenvalue weighted by Gasteiger charge is -2.17. The number of unbranched alkanes of at least 4 members (excludes halogenated alkanes) is 1. The summed E-state index contributed by atoms with van der Waals surface area (Å²) in [4.78, 5) is 25.8. The molecule has 21 heavy (non-hydrogen) atoms. The summed E-state index contributed by atoms with van der Waals surface area (Å²) in [6.45, 7) is 5.51. The molecule has 1 fully saturated rings. The van der Waals surface area contributed by atoms with E-state index in [0.29, 0.717) is 25.3 Å². The van der Waals surface area contributed by atoms with Crippen molar-refractivity contribution in [3.63, 3.8) is 0 Å². The summed E-state index contributed by atoms with van der Waals surface area (Å²) in [7, 11) is 0. The lowest BCUT2D eigenvalue weighted by atomic mass is 10.0. The molecule has 1 saturated heterocycles. The quantitative estimate of drug-likeness (QED) is 0.874. The van der Waals surface area contributed by atoms with Gasteiger partial charge in [-0.25, -0.2) is 4.68 Å². The predicted octanol–water partition coefficient (Wildman–Crippen LogP) is 0.886. The molecule has 6 nitrogen and oxygen atoms in total. The molecular formula is C15H23N3O3. The van der Waals surface area contributed by atoms with E-state index in [0.717, 1.165) is 19.3 Å². The highest BCUT2D eigenvalue weighted by atomic mass is 16.3. The molecule has 0 bridgehead atoms. The van der Waals surface area contributed by atoms with Gasteiger partial charge in [-0.1, -0.05) is 13.3 Å². The van der Waals surface area contributed by atoms with E-state index >= 15 is 0 Å². The molecule has 0 spiro atoms. The SMILES string of the molecule is CCCCn1nc(C(=O)N2CCC(C(C)O)C2)ccc1=O. The van der Waals surface area contributed by atoms with Crippen LogP contribution in [0.5, 0.6) is 0 Å². The first-order valence-electron chi connectivity index (χ1n) is 7.58. The third kappa shape index (κ3) is 3.69. The maximum absolute atomic E-state index is 12.4. The molecule has 1 aliphatic rings. The van der Waals surface area contributed by atoms with E-state index in [1.807, 2.05) is 6.92 Å². The van der Waals surface area contributed by atoms with Crippen molar-refractivity contribution >= 4 is 5.91 Å². The number of rotatable bonds is 5. The van der Waals surface area contributed by atoms with Crippen LogP contribution in [0, 0.1) is 5.92 Å². The third-order valence-corrected chi connectivity index (χ3v) is 4.00. The number of carbonyl (C=O) groups excluding carboxylic acids is 1. The topological polar surface area (TPSA) is 75.4 Å². The number of carbonyl (C=O) groups is 1. The van der Waals surface area contributed by atoms with Gasteiger partial charge in [-0.2, -0.15) is 5.10 Å². The fourth-order valence-corrected chi connectivity index (χ4v) is 2.56. The van der Waals surface area contributed by atoms with E-state index in [1.165, 1.54) is 16.8 Å². The molecule has 6 heteroatoms. The normalized spacial score (nSPS) is 19.8. The van der Waals surface area contributed by atoms with Crippen LogP contribution in [0.15, 0.2) is 16.9 Å². The van der Waals surface area contributed by atoms with Crippen molar-refractivity contribution in [2.75, 3.05) is 13.1 Å². The highest BCUT2D eigenvalue weighted by Crippen LogP contribution is 2.20. The number of amides is 1. The summed E-state index contributed by atoms with van der Waals surface area (Å²) >= 11 is 0. The molecule has 2 heterocycles. The summed E-state index contributed by atoms with van der Waals surface area (Å²) in [5.41, 5.74) is 0.125. The van der Waals surface area contributed by atoms with Gasteiger partial charge in [0.25, 0.3) is 11.5 Å². The van der Waals surface area contributed by atoms with Gasteiger partial charge in [0.2, 0.25) is 0 Å². The lowest BCUT2D eigenvalue weighted by molar-refractivity contribution is 0.0754. The number of aliphatic hydroxyl groups excluding tert-OH is 1. The zero-order valence-electron chi connectivity index (χ0n) is 12.7. The summed E-state index contributed by atoms with van der Waals surface area (Å²) < 4.78 is 1.36. The highest BCUT2D eigenvalue weighted by molar-refractivity contribution is 5.92. The van der Waals surface area contributed by atoms with Crippen molar-refractivity contribution in [2.24, 2.45) is 5.92 Å². The Morgan fingerprint density at radius 2 is 2.29 bits per heavy atom. The monoisotopic (exact) mass is 293 g/mol. The van der Waals surface area contributed by atoms with Gasteiger partial charge in [0, 0.05) is 31.6 Å². The largest absolute Gasteiger partial charge is 0.393 e. The number of likely N-dealkylation sites (tertiary alicyclic amines) is 1. The fraction of sp³-hybridized carbons (Fsp3) is 0.667. The molecule has 1 amide bonds. The van der Waals surface area contributed by atoms with Gasteiger partial charge < -0.3 is 10.0 Å². The number of aryl methyl sites for hydroxylation is 1. The Kier molecular flexibility index (Phi) is 5.12. The lowest BCUT2D eigenvalue weighted by Crippen LogP contribution is -2.33. The molecule has 1 aliphatic heterocycles. The Morgan fingerprint density at radius 1 is 1.52 bits per heavy atom. The molecule has 1 aromatic heterocycles. The maximum Gasteiger partial charge on any atom is 0.274 e. The van der Waals surface area contributed by atoms with Gasteiger partial charge in [-0.3, -0.25) is 9.59 Å². The standard InChI is InChI=1S/C15H23N3O3/c1-3-4-8-18-14(20)6-5-13(16-18)15(21)17-9-7-12(10-17)11(2)19/h5-6,11-12,19H,3-4,7-10H2,1-2H3. The molecule has 0 saturated carbocycles. The average molecular weight is 293 g/mol. The van der Waals surface area contributed by atoms with Crippen molar-refractivity contribution < 1.29 is 9.90 Å². The van der Waals surface area contributed by atoms with Crippen LogP contribution in [0.25, 0.3) is 0 Å². The van der Waals surface area contributed by atoms with Crippen LogP contribution in [0.1, 0.15) is 43.6 Å². The van der Waals surface area contributed by atoms with Crippen molar-refractivity contribution in [1.29, 1.82) is 0 Å². The Morgan fingerprint density at radius 3 is 2.90 bits per heavy atom. The van der Waals surface area contributed by atoms with E-state index in [2.05, 4.69) is 5.10 Å². The average Bonchev–Trinajstić information content (AvgIpc) is 2.95. The van der Waals surface area contributed by atoms with Gasteiger partial charge >= 0.3 is 0 Å². The molecule has 116 valence electrons. The first kappa shape index (κ1) is 15.7. The second-order valence-corrected chi connectivity index (χ2v) is 5.67. The minimum Gasteiger partial charge on any atom is -0.393 e. The fourth-order valence-electron chi connectivity index (χ4n) is 2.56. The minimum absolute atomic E-state index is 0.125. The van der Waals surface area contributed by atoms with E-state index < -0.39 is 6.10 Å². The third-order valence-electron chi connectivity index (χ3n) is 4.00. The van der Waals surface area contributed by atoms with E-state index in [-0.39, 0.29) is 17.4 Å². The second kappa shape index (κ2) is 6.85.